The first kappa shape index (κ1) is 18.7. The SMILES string of the molecule is CN(C)c1ccc(Nc2cncc(C(=O)NCc3ccc(Cl)cc3)c2)cc1. The summed E-state index contributed by atoms with van der Waals surface area (Å²) >= 11 is 5.87. The van der Waals surface area contributed by atoms with Crippen LogP contribution in [0.2, 0.25) is 5.02 Å². The average molecular weight is 381 g/mol. The average Bonchev–Trinajstić information content (AvgIpc) is 2.68. The maximum Gasteiger partial charge on any atom is 0.253 e. The van der Waals surface area contributed by atoms with Gasteiger partial charge in [0.15, 0.2) is 0 Å². The zero-order valence-corrected chi connectivity index (χ0v) is 16.0. The largest absolute Gasteiger partial charge is 0.378 e. The van der Waals surface area contributed by atoms with Crippen molar-refractivity contribution in [2.75, 3.05) is 24.3 Å². The van der Waals surface area contributed by atoms with Crippen LogP contribution in [-0.2, 0) is 6.54 Å². The van der Waals surface area contributed by atoms with Crippen molar-refractivity contribution >= 4 is 34.6 Å². The van der Waals surface area contributed by atoms with E-state index < -0.39 is 0 Å². The monoisotopic (exact) mass is 380 g/mol. The molecular weight excluding hydrogens is 360 g/mol. The summed E-state index contributed by atoms with van der Waals surface area (Å²) < 4.78 is 0. The number of pyridine rings is 1. The normalized spacial score (nSPS) is 10.3. The summed E-state index contributed by atoms with van der Waals surface area (Å²) in [5.74, 6) is -0.177. The molecule has 0 radical (unpaired) electrons. The number of hydrogen-bond acceptors (Lipinski definition) is 4. The molecule has 27 heavy (non-hydrogen) atoms. The first-order chi connectivity index (χ1) is 13.0. The van der Waals surface area contributed by atoms with Crippen molar-refractivity contribution in [1.82, 2.24) is 10.3 Å². The van der Waals surface area contributed by atoms with Crippen LogP contribution in [0.15, 0.2) is 67.0 Å². The van der Waals surface area contributed by atoms with Crippen molar-refractivity contribution in [2.24, 2.45) is 0 Å². The Balaban J connectivity index is 1.63. The van der Waals surface area contributed by atoms with Crippen LogP contribution in [0.1, 0.15) is 15.9 Å². The van der Waals surface area contributed by atoms with Gasteiger partial charge in [0.1, 0.15) is 0 Å². The molecule has 3 aromatic rings. The van der Waals surface area contributed by atoms with Crippen molar-refractivity contribution in [3.05, 3.63) is 83.1 Å². The molecule has 0 aliphatic heterocycles. The summed E-state index contributed by atoms with van der Waals surface area (Å²) in [4.78, 5) is 18.6. The van der Waals surface area contributed by atoms with E-state index in [9.17, 15) is 4.79 Å². The fourth-order valence-corrected chi connectivity index (χ4v) is 2.65. The number of hydrogen-bond donors (Lipinski definition) is 2. The highest BCUT2D eigenvalue weighted by atomic mass is 35.5. The summed E-state index contributed by atoms with van der Waals surface area (Å²) in [6.07, 6.45) is 3.24. The summed E-state index contributed by atoms with van der Waals surface area (Å²) in [6, 6.07) is 17.2. The van der Waals surface area contributed by atoms with Gasteiger partial charge in [0.05, 0.1) is 17.4 Å². The molecule has 0 aliphatic rings. The van der Waals surface area contributed by atoms with E-state index in [1.165, 1.54) is 0 Å². The third-order valence-electron chi connectivity index (χ3n) is 4.04. The number of nitrogens with zero attached hydrogens (tertiary/aromatic N) is 2. The molecule has 5 nitrogen and oxygen atoms in total. The molecule has 0 fully saturated rings. The molecule has 0 saturated carbocycles. The third-order valence-corrected chi connectivity index (χ3v) is 4.29. The predicted octanol–water partition coefficient (Wildman–Crippen LogP) is 4.47. The number of carbonyl (C=O) groups is 1. The van der Waals surface area contributed by atoms with Gasteiger partial charge in [0.25, 0.3) is 5.91 Å². The predicted molar refractivity (Wildman–Crippen MR) is 111 cm³/mol. The van der Waals surface area contributed by atoms with Crippen LogP contribution in [0.25, 0.3) is 0 Å². The highest BCUT2D eigenvalue weighted by Crippen LogP contribution is 2.20. The van der Waals surface area contributed by atoms with Crippen LogP contribution in [-0.4, -0.2) is 25.0 Å². The Kier molecular flexibility index (Phi) is 5.94. The van der Waals surface area contributed by atoms with Crippen molar-refractivity contribution in [3.8, 4) is 0 Å². The molecule has 1 heterocycles. The Hall–Kier alpha value is -3.05. The molecule has 1 aromatic heterocycles. The minimum absolute atomic E-state index is 0.177. The second kappa shape index (κ2) is 8.56. The molecule has 0 aliphatic carbocycles. The Bertz CT molecular complexity index is 908. The van der Waals surface area contributed by atoms with Gasteiger partial charge in [-0.1, -0.05) is 23.7 Å². The van der Waals surface area contributed by atoms with Crippen LogP contribution in [0.3, 0.4) is 0 Å². The molecule has 0 atom stereocenters. The van der Waals surface area contributed by atoms with E-state index in [1.54, 1.807) is 30.6 Å². The maximum absolute atomic E-state index is 12.4. The second-order valence-electron chi connectivity index (χ2n) is 6.34. The van der Waals surface area contributed by atoms with Gasteiger partial charge in [-0.2, -0.15) is 0 Å². The molecule has 2 aromatic carbocycles. The minimum atomic E-state index is -0.177. The van der Waals surface area contributed by atoms with Crippen molar-refractivity contribution in [2.45, 2.75) is 6.54 Å². The first-order valence-electron chi connectivity index (χ1n) is 8.53. The fourth-order valence-electron chi connectivity index (χ4n) is 2.53. The van der Waals surface area contributed by atoms with Gasteiger partial charge in [-0.05, 0) is 48.0 Å². The van der Waals surface area contributed by atoms with E-state index in [-0.39, 0.29) is 5.91 Å². The van der Waals surface area contributed by atoms with Crippen LogP contribution >= 0.6 is 11.6 Å². The molecule has 0 unspecified atom stereocenters. The van der Waals surface area contributed by atoms with E-state index in [0.717, 1.165) is 22.6 Å². The van der Waals surface area contributed by atoms with Gasteiger partial charge < -0.3 is 15.5 Å². The Labute approximate surface area is 164 Å². The molecular formula is C21H21ClN4O. The molecule has 2 N–H and O–H groups in total. The summed E-state index contributed by atoms with van der Waals surface area (Å²) in [5.41, 5.74) is 4.29. The van der Waals surface area contributed by atoms with E-state index in [4.69, 9.17) is 11.6 Å². The fraction of sp³-hybridized carbons (Fsp3) is 0.143. The number of benzene rings is 2. The van der Waals surface area contributed by atoms with Crippen LogP contribution in [0.4, 0.5) is 17.1 Å². The highest BCUT2D eigenvalue weighted by molar-refractivity contribution is 6.30. The molecule has 0 saturated heterocycles. The summed E-state index contributed by atoms with van der Waals surface area (Å²) in [7, 11) is 4.00. The van der Waals surface area contributed by atoms with Gasteiger partial charge in [0.2, 0.25) is 0 Å². The van der Waals surface area contributed by atoms with E-state index >= 15 is 0 Å². The lowest BCUT2D eigenvalue weighted by Gasteiger charge is -2.13. The van der Waals surface area contributed by atoms with E-state index in [1.807, 2.05) is 55.4 Å². The zero-order valence-electron chi connectivity index (χ0n) is 15.2. The number of halogens is 1. The maximum atomic E-state index is 12.4. The van der Waals surface area contributed by atoms with Gasteiger partial charge in [-0.3, -0.25) is 9.78 Å². The van der Waals surface area contributed by atoms with Crippen LogP contribution in [0, 0.1) is 0 Å². The van der Waals surface area contributed by atoms with E-state index in [0.29, 0.717) is 17.1 Å². The molecule has 3 rings (SSSR count). The van der Waals surface area contributed by atoms with E-state index in [2.05, 4.69) is 15.6 Å². The first-order valence-corrected chi connectivity index (χ1v) is 8.91. The number of rotatable bonds is 6. The third kappa shape index (κ3) is 5.21. The number of anilines is 3. The van der Waals surface area contributed by atoms with Gasteiger partial charge in [-0.15, -0.1) is 0 Å². The quantitative estimate of drug-likeness (QED) is 0.662. The molecule has 138 valence electrons. The molecule has 0 spiro atoms. The van der Waals surface area contributed by atoms with Crippen molar-refractivity contribution < 1.29 is 4.79 Å². The molecule has 0 bridgehead atoms. The van der Waals surface area contributed by atoms with Crippen LogP contribution < -0.4 is 15.5 Å². The van der Waals surface area contributed by atoms with Crippen molar-refractivity contribution in [3.63, 3.8) is 0 Å². The standard InChI is InChI=1S/C21H21ClN4O/c1-26(2)20-9-7-18(8-10-20)25-19-11-16(13-23-14-19)21(27)24-12-15-3-5-17(22)6-4-15/h3-11,13-14,25H,12H2,1-2H3,(H,24,27). The number of amides is 1. The van der Waals surface area contributed by atoms with Crippen LogP contribution in [0.5, 0.6) is 0 Å². The lowest BCUT2D eigenvalue weighted by molar-refractivity contribution is 0.0950. The second-order valence-corrected chi connectivity index (χ2v) is 6.77. The zero-order chi connectivity index (χ0) is 19.2. The Morgan fingerprint density at radius 3 is 2.37 bits per heavy atom. The number of nitrogens with one attached hydrogen (secondary N) is 2. The lowest BCUT2D eigenvalue weighted by atomic mass is 10.2. The van der Waals surface area contributed by atoms with Gasteiger partial charge >= 0.3 is 0 Å². The Morgan fingerprint density at radius 1 is 1.00 bits per heavy atom. The highest BCUT2D eigenvalue weighted by Gasteiger charge is 2.07. The smallest absolute Gasteiger partial charge is 0.253 e. The van der Waals surface area contributed by atoms with Crippen molar-refractivity contribution in [1.29, 1.82) is 0 Å². The van der Waals surface area contributed by atoms with Gasteiger partial charge in [0, 0.05) is 43.2 Å². The summed E-state index contributed by atoms with van der Waals surface area (Å²) in [6.45, 7) is 0.430. The Morgan fingerprint density at radius 2 is 1.70 bits per heavy atom. The number of carbonyl (C=O) groups excluding carboxylic acids is 1. The lowest BCUT2D eigenvalue weighted by Crippen LogP contribution is -2.23. The molecule has 6 heteroatoms. The number of aromatic nitrogens is 1. The summed E-state index contributed by atoms with van der Waals surface area (Å²) in [5, 5.41) is 6.83. The molecule has 1 amide bonds. The van der Waals surface area contributed by atoms with Gasteiger partial charge in [-0.25, -0.2) is 0 Å². The topological polar surface area (TPSA) is 57.3 Å². The minimum Gasteiger partial charge on any atom is -0.378 e.